The van der Waals surface area contributed by atoms with Gasteiger partial charge in [0.05, 0.1) is 18.5 Å². The van der Waals surface area contributed by atoms with Gasteiger partial charge in [-0.25, -0.2) is 4.68 Å². The molecule has 1 atom stereocenters. The van der Waals surface area contributed by atoms with Crippen LogP contribution in [0.2, 0.25) is 0 Å². The highest BCUT2D eigenvalue weighted by molar-refractivity contribution is 5.94. The summed E-state index contributed by atoms with van der Waals surface area (Å²) >= 11 is 0. The van der Waals surface area contributed by atoms with Crippen molar-refractivity contribution in [2.75, 3.05) is 11.9 Å². The summed E-state index contributed by atoms with van der Waals surface area (Å²) < 4.78 is 7.44. The number of para-hydroxylation sites is 1. The zero-order valence-corrected chi connectivity index (χ0v) is 14.9. The molecular weight excluding hydrogens is 326 g/mol. The molecule has 5 heteroatoms. The van der Waals surface area contributed by atoms with Gasteiger partial charge in [0.2, 0.25) is 5.91 Å². The van der Waals surface area contributed by atoms with E-state index in [2.05, 4.69) is 10.4 Å². The van der Waals surface area contributed by atoms with Gasteiger partial charge >= 0.3 is 0 Å². The molecule has 0 spiro atoms. The highest BCUT2D eigenvalue weighted by atomic mass is 16.5. The number of rotatable bonds is 4. The number of carbonyl (C=O) groups excluding carboxylic acids is 1. The molecular formula is C21H21N3O2. The summed E-state index contributed by atoms with van der Waals surface area (Å²) in [6.07, 6.45) is 2.27. The van der Waals surface area contributed by atoms with Gasteiger partial charge in [-0.3, -0.25) is 4.79 Å². The standard InChI is InChI=1S/C21H21N3O2/c1-3-26-16-9-6-8-15(11-16)17-12-20(25)23-21-18(17)13-22-24(21)19-10-5-4-7-14(19)2/h4-11,13,17H,3,12H2,1-2H3,(H,23,25). The van der Waals surface area contributed by atoms with Gasteiger partial charge in [0, 0.05) is 17.9 Å². The third-order valence-corrected chi connectivity index (χ3v) is 4.74. The molecule has 2 aromatic carbocycles. The fraction of sp³-hybridized carbons (Fsp3) is 0.238. The fourth-order valence-corrected chi connectivity index (χ4v) is 3.49. The number of nitrogens with one attached hydrogen (secondary N) is 1. The van der Waals surface area contributed by atoms with Gasteiger partial charge in [0.25, 0.3) is 0 Å². The van der Waals surface area contributed by atoms with Crippen molar-refractivity contribution in [3.8, 4) is 11.4 Å². The van der Waals surface area contributed by atoms with Gasteiger partial charge in [-0.15, -0.1) is 0 Å². The number of aryl methyl sites for hydroxylation is 1. The fourth-order valence-electron chi connectivity index (χ4n) is 3.49. The first kappa shape index (κ1) is 16.4. The van der Waals surface area contributed by atoms with Crippen molar-refractivity contribution < 1.29 is 9.53 Å². The quantitative estimate of drug-likeness (QED) is 0.774. The Balaban J connectivity index is 1.79. The van der Waals surface area contributed by atoms with E-state index in [0.717, 1.165) is 33.9 Å². The van der Waals surface area contributed by atoms with E-state index in [0.29, 0.717) is 13.0 Å². The lowest BCUT2D eigenvalue weighted by atomic mass is 9.87. The van der Waals surface area contributed by atoms with E-state index in [1.54, 1.807) is 0 Å². The van der Waals surface area contributed by atoms with Crippen LogP contribution in [0.25, 0.3) is 5.69 Å². The van der Waals surface area contributed by atoms with Crippen molar-refractivity contribution in [3.05, 3.63) is 71.4 Å². The molecule has 0 fully saturated rings. The average Bonchev–Trinajstić information content (AvgIpc) is 3.05. The number of nitrogens with zero attached hydrogens (tertiary/aromatic N) is 2. The molecule has 3 aromatic rings. The molecule has 1 aliphatic rings. The lowest BCUT2D eigenvalue weighted by molar-refractivity contribution is -0.116. The number of hydrogen-bond donors (Lipinski definition) is 1. The van der Waals surface area contributed by atoms with E-state index in [1.165, 1.54) is 0 Å². The molecule has 0 radical (unpaired) electrons. The predicted octanol–water partition coefficient (Wildman–Crippen LogP) is 4.05. The molecule has 2 heterocycles. The molecule has 1 amide bonds. The lowest BCUT2D eigenvalue weighted by Gasteiger charge is -2.24. The van der Waals surface area contributed by atoms with Crippen molar-refractivity contribution in [2.45, 2.75) is 26.2 Å². The minimum absolute atomic E-state index is 0.000327. The summed E-state index contributed by atoms with van der Waals surface area (Å²) in [5.41, 5.74) is 4.17. The summed E-state index contributed by atoms with van der Waals surface area (Å²) in [4.78, 5) is 12.4. The second-order valence-electron chi connectivity index (χ2n) is 6.46. The van der Waals surface area contributed by atoms with Crippen LogP contribution in [0.4, 0.5) is 5.82 Å². The third kappa shape index (κ3) is 2.86. The molecule has 26 heavy (non-hydrogen) atoms. The van der Waals surface area contributed by atoms with Gasteiger partial charge < -0.3 is 10.1 Å². The molecule has 4 rings (SSSR count). The van der Waals surface area contributed by atoms with Gasteiger partial charge in [-0.1, -0.05) is 30.3 Å². The highest BCUT2D eigenvalue weighted by Crippen LogP contribution is 2.39. The van der Waals surface area contributed by atoms with Crippen molar-refractivity contribution in [1.29, 1.82) is 0 Å². The monoisotopic (exact) mass is 347 g/mol. The normalized spacial score (nSPS) is 16.1. The molecule has 0 saturated heterocycles. The Morgan fingerprint density at radius 2 is 2.08 bits per heavy atom. The number of benzene rings is 2. The maximum absolute atomic E-state index is 12.4. The van der Waals surface area contributed by atoms with Crippen LogP contribution in [0.5, 0.6) is 5.75 Å². The topological polar surface area (TPSA) is 56.1 Å². The first-order valence-corrected chi connectivity index (χ1v) is 8.84. The molecule has 1 aliphatic heterocycles. The van der Waals surface area contributed by atoms with Gasteiger partial charge in [0.15, 0.2) is 0 Å². The Kier molecular flexibility index (Phi) is 4.21. The largest absolute Gasteiger partial charge is 0.494 e. The van der Waals surface area contributed by atoms with Crippen LogP contribution >= 0.6 is 0 Å². The van der Waals surface area contributed by atoms with Crippen LogP contribution in [-0.4, -0.2) is 22.3 Å². The number of amides is 1. The first-order valence-electron chi connectivity index (χ1n) is 8.84. The Labute approximate surface area is 152 Å². The maximum atomic E-state index is 12.4. The van der Waals surface area contributed by atoms with E-state index in [1.807, 2.05) is 73.3 Å². The van der Waals surface area contributed by atoms with Crippen LogP contribution in [0.15, 0.2) is 54.7 Å². The van der Waals surface area contributed by atoms with Crippen LogP contribution in [0.1, 0.15) is 36.0 Å². The summed E-state index contributed by atoms with van der Waals surface area (Å²) in [5, 5.41) is 7.57. The minimum atomic E-state index is -0.0306. The van der Waals surface area contributed by atoms with Crippen molar-refractivity contribution in [2.24, 2.45) is 0 Å². The van der Waals surface area contributed by atoms with Crippen LogP contribution in [-0.2, 0) is 4.79 Å². The summed E-state index contributed by atoms with van der Waals surface area (Å²) in [6.45, 7) is 4.62. The van der Waals surface area contributed by atoms with E-state index in [-0.39, 0.29) is 11.8 Å². The van der Waals surface area contributed by atoms with E-state index in [4.69, 9.17) is 4.74 Å². The molecule has 0 aliphatic carbocycles. The smallest absolute Gasteiger partial charge is 0.226 e. The summed E-state index contributed by atoms with van der Waals surface area (Å²) in [5.74, 6) is 1.54. The second-order valence-corrected chi connectivity index (χ2v) is 6.46. The van der Waals surface area contributed by atoms with Gasteiger partial charge in [0.1, 0.15) is 11.6 Å². The summed E-state index contributed by atoms with van der Waals surface area (Å²) in [6, 6.07) is 16.0. The van der Waals surface area contributed by atoms with Crippen LogP contribution in [0, 0.1) is 6.92 Å². The van der Waals surface area contributed by atoms with Crippen molar-refractivity contribution >= 4 is 11.7 Å². The van der Waals surface area contributed by atoms with Gasteiger partial charge in [-0.2, -0.15) is 5.10 Å². The van der Waals surface area contributed by atoms with Crippen LogP contribution in [0.3, 0.4) is 0 Å². The molecule has 0 saturated carbocycles. The predicted molar refractivity (Wildman–Crippen MR) is 101 cm³/mol. The Hall–Kier alpha value is -3.08. The average molecular weight is 347 g/mol. The van der Waals surface area contributed by atoms with E-state index in [9.17, 15) is 4.79 Å². The first-order chi connectivity index (χ1) is 12.7. The lowest BCUT2D eigenvalue weighted by Crippen LogP contribution is -2.24. The van der Waals surface area contributed by atoms with E-state index < -0.39 is 0 Å². The molecule has 5 nitrogen and oxygen atoms in total. The molecule has 0 bridgehead atoms. The Morgan fingerprint density at radius 1 is 1.23 bits per heavy atom. The Bertz CT molecular complexity index is 961. The number of carbonyl (C=O) groups is 1. The van der Waals surface area contributed by atoms with Gasteiger partial charge in [-0.05, 0) is 43.2 Å². The molecule has 132 valence electrons. The SMILES string of the molecule is CCOc1cccc(C2CC(=O)Nc3c2cnn3-c2ccccc2C)c1. The number of fused-ring (bicyclic) bond motifs is 1. The molecule has 1 N–H and O–H groups in total. The minimum Gasteiger partial charge on any atom is -0.494 e. The number of anilines is 1. The summed E-state index contributed by atoms with van der Waals surface area (Å²) in [7, 11) is 0. The van der Waals surface area contributed by atoms with E-state index >= 15 is 0 Å². The Morgan fingerprint density at radius 3 is 2.88 bits per heavy atom. The molecule has 1 unspecified atom stereocenters. The zero-order chi connectivity index (χ0) is 18.1. The second kappa shape index (κ2) is 6.67. The zero-order valence-electron chi connectivity index (χ0n) is 14.9. The van der Waals surface area contributed by atoms with Crippen LogP contribution < -0.4 is 10.1 Å². The number of aromatic nitrogens is 2. The number of hydrogen-bond acceptors (Lipinski definition) is 3. The highest BCUT2D eigenvalue weighted by Gasteiger charge is 2.30. The van der Waals surface area contributed by atoms with Crippen molar-refractivity contribution in [1.82, 2.24) is 9.78 Å². The van der Waals surface area contributed by atoms with Crippen molar-refractivity contribution in [3.63, 3.8) is 0 Å². The molecule has 1 aromatic heterocycles. The third-order valence-electron chi connectivity index (χ3n) is 4.74. The number of ether oxygens (including phenoxy) is 1. The maximum Gasteiger partial charge on any atom is 0.226 e.